The van der Waals surface area contributed by atoms with Gasteiger partial charge in [-0.25, -0.2) is 0 Å². The number of benzene rings is 1. The standard InChI is InChI=1S/C20H14N2O3/c23-12-13-4-6-14(7-5-13)19-20-15(8-10-22-19)17(24)11-18(25-20)16-3-1-2-9-21-16/h1-11,23H,12H2. The third-order valence-electron chi connectivity index (χ3n) is 3.97. The first-order chi connectivity index (χ1) is 12.3. The molecule has 122 valence electrons. The van der Waals surface area contributed by atoms with E-state index in [1.54, 1.807) is 30.6 Å². The minimum absolute atomic E-state index is 0.0256. The minimum Gasteiger partial charge on any atom is -0.452 e. The molecule has 25 heavy (non-hydrogen) atoms. The Morgan fingerprint density at radius 1 is 0.960 bits per heavy atom. The highest BCUT2D eigenvalue weighted by atomic mass is 16.3. The number of rotatable bonds is 3. The third kappa shape index (κ3) is 2.81. The van der Waals surface area contributed by atoms with Crippen LogP contribution in [0.15, 0.2) is 76.2 Å². The summed E-state index contributed by atoms with van der Waals surface area (Å²) >= 11 is 0. The smallest absolute Gasteiger partial charge is 0.193 e. The van der Waals surface area contributed by atoms with Crippen LogP contribution < -0.4 is 5.43 Å². The second-order valence-corrected chi connectivity index (χ2v) is 5.58. The molecule has 5 nitrogen and oxygen atoms in total. The van der Waals surface area contributed by atoms with E-state index in [0.29, 0.717) is 28.1 Å². The fourth-order valence-corrected chi connectivity index (χ4v) is 2.69. The number of hydrogen-bond acceptors (Lipinski definition) is 5. The monoisotopic (exact) mass is 330 g/mol. The van der Waals surface area contributed by atoms with Gasteiger partial charge in [0.1, 0.15) is 11.4 Å². The van der Waals surface area contributed by atoms with Crippen LogP contribution in [0.5, 0.6) is 0 Å². The number of hydrogen-bond donors (Lipinski definition) is 1. The van der Waals surface area contributed by atoms with Crippen molar-refractivity contribution in [1.29, 1.82) is 0 Å². The normalized spacial score (nSPS) is 10.9. The second kappa shape index (κ2) is 6.30. The van der Waals surface area contributed by atoms with Crippen molar-refractivity contribution in [3.05, 3.63) is 82.8 Å². The van der Waals surface area contributed by atoms with E-state index >= 15 is 0 Å². The van der Waals surface area contributed by atoms with Crippen LogP contribution in [0.1, 0.15) is 5.56 Å². The molecular weight excluding hydrogens is 316 g/mol. The van der Waals surface area contributed by atoms with Crippen LogP contribution in [-0.2, 0) is 6.61 Å². The predicted molar refractivity (Wildman–Crippen MR) is 94.9 cm³/mol. The van der Waals surface area contributed by atoms with E-state index in [9.17, 15) is 9.90 Å². The Kier molecular flexibility index (Phi) is 3.84. The lowest BCUT2D eigenvalue weighted by Gasteiger charge is -2.07. The average molecular weight is 330 g/mol. The summed E-state index contributed by atoms with van der Waals surface area (Å²) in [5.41, 5.74) is 3.07. The zero-order valence-electron chi connectivity index (χ0n) is 13.2. The zero-order valence-corrected chi connectivity index (χ0v) is 13.2. The molecule has 1 aromatic carbocycles. The second-order valence-electron chi connectivity index (χ2n) is 5.58. The summed E-state index contributed by atoms with van der Waals surface area (Å²) in [5, 5.41) is 9.66. The predicted octanol–water partition coefficient (Wildman–Crippen LogP) is 3.41. The zero-order chi connectivity index (χ0) is 17.2. The molecule has 0 fully saturated rings. The van der Waals surface area contributed by atoms with Gasteiger partial charge in [-0.15, -0.1) is 0 Å². The van der Waals surface area contributed by atoms with Gasteiger partial charge in [0.2, 0.25) is 0 Å². The van der Waals surface area contributed by atoms with Crippen molar-refractivity contribution < 1.29 is 9.52 Å². The lowest BCUT2D eigenvalue weighted by Crippen LogP contribution is -2.02. The molecule has 0 radical (unpaired) electrons. The first-order valence-electron chi connectivity index (χ1n) is 7.81. The summed E-state index contributed by atoms with van der Waals surface area (Å²) in [4.78, 5) is 21.1. The SMILES string of the molecule is O=c1cc(-c2ccccn2)oc2c(-c3ccc(CO)cc3)nccc12. The van der Waals surface area contributed by atoms with Crippen molar-refractivity contribution in [2.75, 3.05) is 0 Å². The van der Waals surface area contributed by atoms with Crippen molar-refractivity contribution >= 4 is 11.0 Å². The van der Waals surface area contributed by atoms with Gasteiger partial charge < -0.3 is 9.52 Å². The summed E-state index contributed by atoms with van der Waals surface area (Å²) in [6.45, 7) is -0.0256. The first-order valence-corrected chi connectivity index (χ1v) is 7.81. The van der Waals surface area contributed by atoms with E-state index in [0.717, 1.165) is 11.1 Å². The quantitative estimate of drug-likeness (QED) is 0.623. The minimum atomic E-state index is -0.141. The Labute approximate surface area is 143 Å². The van der Waals surface area contributed by atoms with Gasteiger partial charge in [0.25, 0.3) is 0 Å². The summed E-state index contributed by atoms with van der Waals surface area (Å²) in [6, 6.07) is 15.9. The van der Waals surface area contributed by atoms with Gasteiger partial charge in [0.05, 0.1) is 12.0 Å². The molecule has 5 heteroatoms. The van der Waals surface area contributed by atoms with Crippen LogP contribution in [0.25, 0.3) is 33.7 Å². The van der Waals surface area contributed by atoms with E-state index in [1.807, 2.05) is 30.3 Å². The number of fused-ring (bicyclic) bond motifs is 1. The van der Waals surface area contributed by atoms with Crippen molar-refractivity contribution in [2.45, 2.75) is 6.61 Å². The molecule has 0 saturated carbocycles. The molecule has 0 aliphatic heterocycles. The Balaban J connectivity index is 1.95. The van der Waals surface area contributed by atoms with Crippen LogP contribution >= 0.6 is 0 Å². The summed E-state index contributed by atoms with van der Waals surface area (Å²) < 4.78 is 6.00. The van der Waals surface area contributed by atoms with Gasteiger partial charge >= 0.3 is 0 Å². The van der Waals surface area contributed by atoms with E-state index in [-0.39, 0.29) is 12.0 Å². The molecule has 4 rings (SSSR count). The molecule has 0 spiro atoms. The topological polar surface area (TPSA) is 76.2 Å². The van der Waals surface area contributed by atoms with Crippen molar-refractivity contribution in [1.82, 2.24) is 9.97 Å². The van der Waals surface area contributed by atoms with E-state index in [1.165, 1.54) is 6.07 Å². The van der Waals surface area contributed by atoms with Crippen LogP contribution in [0.4, 0.5) is 0 Å². The summed E-state index contributed by atoms with van der Waals surface area (Å²) in [6.07, 6.45) is 3.24. The number of aliphatic hydroxyl groups excluding tert-OH is 1. The molecule has 3 aromatic heterocycles. The Morgan fingerprint density at radius 3 is 2.52 bits per heavy atom. The van der Waals surface area contributed by atoms with Crippen LogP contribution in [-0.4, -0.2) is 15.1 Å². The van der Waals surface area contributed by atoms with Crippen LogP contribution in [0.3, 0.4) is 0 Å². The van der Waals surface area contributed by atoms with Crippen molar-refractivity contribution in [2.24, 2.45) is 0 Å². The van der Waals surface area contributed by atoms with Crippen molar-refractivity contribution in [3.8, 4) is 22.7 Å². The number of nitrogens with zero attached hydrogens (tertiary/aromatic N) is 2. The number of aromatic nitrogens is 2. The first kappa shape index (κ1) is 15.2. The van der Waals surface area contributed by atoms with Crippen molar-refractivity contribution in [3.63, 3.8) is 0 Å². The molecular formula is C20H14N2O3. The molecule has 1 N–H and O–H groups in total. The third-order valence-corrected chi connectivity index (χ3v) is 3.97. The van der Waals surface area contributed by atoms with E-state index in [4.69, 9.17) is 4.42 Å². The van der Waals surface area contributed by atoms with Gasteiger partial charge in [0.15, 0.2) is 16.8 Å². The molecule has 0 saturated heterocycles. The van der Waals surface area contributed by atoms with Gasteiger partial charge in [-0.05, 0) is 23.8 Å². The van der Waals surface area contributed by atoms with Gasteiger partial charge in [-0.2, -0.15) is 0 Å². The lowest BCUT2D eigenvalue weighted by atomic mass is 10.1. The highest BCUT2D eigenvalue weighted by Gasteiger charge is 2.13. The Hall–Kier alpha value is -3.31. The maximum absolute atomic E-state index is 12.5. The maximum atomic E-state index is 12.5. The lowest BCUT2D eigenvalue weighted by molar-refractivity contribution is 0.282. The molecule has 0 unspecified atom stereocenters. The average Bonchev–Trinajstić information content (AvgIpc) is 2.68. The van der Waals surface area contributed by atoms with Gasteiger partial charge in [-0.1, -0.05) is 30.3 Å². The highest BCUT2D eigenvalue weighted by Crippen LogP contribution is 2.28. The molecule has 0 aliphatic carbocycles. The summed E-state index contributed by atoms with van der Waals surface area (Å²) in [5.74, 6) is 0.402. The molecule has 4 aromatic rings. The largest absolute Gasteiger partial charge is 0.452 e. The van der Waals surface area contributed by atoms with E-state index < -0.39 is 0 Å². The number of pyridine rings is 2. The Bertz CT molecular complexity index is 1090. The summed E-state index contributed by atoms with van der Waals surface area (Å²) in [7, 11) is 0. The molecule has 3 heterocycles. The fraction of sp³-hybridized carbons (Fsp3) is 0.0500. The molecule has 0 aliphatic rings. The van der Waals surface area contributed by atoms with Gasteiger partial charge in [0, 0.05) is 24.0 Å². The van der Waals surface area contributed by atoms with E-state index in [2.05, 4.69) is 9.97 Å². The van der Waals surface area contributed by atoms with Crippen LogP contribution in [0.2, 0.25) is 0 Å². The molecule has 0 amide bonds. The molecule has 0 atom stereocenters. The highest BCUT2D eigenvalue weighted by molar-refractivity contribution is 5.90. The fourth-order valence-electron chi connectivity index (χ4n) is 2.69. The van der Waals surface area contributed by atoms with Gasteiger partial charge in [-0.3, -0.25) is 14.8 Å². The molecule has 0 bridgehead atoms. The number of aliphatic hydroxyl groups is 1. The maximum Gasteiger partial charge on any atom is 0.193 e. The van der Waals surface area contributed by atoms with Crippen LogP contribution in [0, 0.1) is 0 Å². The Morgan fingerprint density at radius 2 is 1.80 bits per heavy atom.